The molecular formula is C24H27ClO7. The predicted octanol–water partition coefficient (Wildman–Crippen LogP) is 1.47. The van der Waals surface area contributed by atoms with Crippen molar-refractivity contribution < 1.29 is 34.6 Å². The molecule has 5 atom stereocenters. The van der Waals surface area contributed by atoms with Crippen LogP contribution in [-0.2, 0) is 15.9 Å². The number of methoxy groups -OCH3 is 1. The molecule has 1 fully saturated rings. The first kappa shape index (κ1) is 24.5. The van der Waals surface area contributed by atoms with Crippen LogP contribution in [0.3, 0.4) is 0 Å². The van der Waals surface area contributed by atoms with Gasteiger partial charge in [-0.25, -0.2) is 0 Å². The average Bonchev–Trinajstić information content (AvgIpc) is 2.80. The lowest BCUT2D eigenvalue weighted by atomic mass is 9.90. The number of halogens is 1. The topological polar surface area (TPSA) is 109 Å². The molecule has 0 aromatic heterocycles. The minimum Gasteiger partial charge on any atom is -0.481 e. The first-order chi connectivity index (χ1) is 15.4. The van der Waals surface area contributed by atoms with Gasteiger partial charge in [-0.1, -0.05) is 47.7 Å². The Balaban J connectivity index is 1.70. The van der Waals surface area contributed by atoms with Crippen LogP contribution >= 0.6 is 11.6 Å². The zero-order valence-corrected chi connectivity index (χ0v) is 18.4. The maximum absolute atomic E-state index is 10.4. The molecule has 0 aliphatic carbocycles. The summed E-state index contributed by atoms with van der Waals surface area (Å²) < 4.78 is 16.1. The first-order valence-electron chi connectivity index (χ1n) is 10.2. The van der Waals surface area contributed by atoms with Crippen molar-refractivity contribution in [1.29, 1.82) is 0 Å². The first-order valence-corrected chi connectivity index (χ1v) is 10.6. The molecule has 0 saturated carbocycles. The standard InChI is InChI=1S/C24H27ClO7/c1-30-10-2-3-11-31-18-7-4-15(5-8-18)12-17-13-16(6-9-19(17)25)24-23(29)22(28)21(27)20(14-26)32-24/h4-9,13,20-24,26-29H,10-12,14H2,1H3/t20-,21-,22+,23?,24-/m1/s1. The monoisotopic (exact) mass is 462 g/mol. The molecule has 0 radical (unpaired) electrons. The van der Waals surface area contributed by atoms with Gasteiger partial charge in [0.1, 0.15) is 49.5 Å². The van der Waals surface area contributed by atoms with Crippen LogP contribution in [0.2, 0.25) is 5.02 Å². The lowest BCUT2D eigenvalue weighted by Gasteiger charge is -2.40. The SMILES string of the molecule is COCC#CCOc1ccc(Cc2cc([C@H]3O[C@H](CO)[C@@H](O)[C@H](O)C3O)ccc2Cl)cc1. The molecule has 1 aliphatic heterocycles. The van der Waals surface area contributed by atoms with Gasteiger partial charge in [-0.05, 0) is 41.3 Å². The highest BCUT2D eigenvalue weighted by molar-refractivity contribution is 6.31. The van der Waals surface area contributed by atoms with E-state index in [1.165, 1.54) is 0 Å². The van der Waals surface area contributed by atoms with E-state index in [-0.39, 0.29) is 6.61 Å². The second kappa shape index (κ2) is 11.6. The fourth-order valence-electron chi connectivity index (χ4n) is 3.50. The molecule has 3 rings (SSSR count). The van der Waals surface area contributed by atoms with Gasteiger partial charge in [0.2, 0.25) is 0 Å². The summed E-state index contributed by atoms with van der Waals surface area (Å²) in [7, 11) is 1.58. The zero-order valence-electron chi connectivity index (χ0n) is 17.6. The Bertz CT molecular complexity index is 936. The summed E-state index contributed by atoms with van der Waals surface area (Å²) >= 11 is 6.39. The van der Waals surface area contributed by atoms with Gasteiger partial charge < -0.3 is 34.6 Å². The van der Waals surface area contributed by atoms with Gasteiger partial charge in [0, 0.05) is 12.1 Å². The number of ether oxygens (including phenoxy) is 3. The second-order valence-electron chi connectivity index (χ2n) is 7.50. The molecule has 1 aliphatic rings. The molecule has 2 aromatic carbocycles. The van der Waals surface area contributed by atoms with Gasteiger partial charge in [0.15, 0.2) is 0 Å². The Morgan fingerprint density at radius 1 is 0.969 bits per heavy atom. The number of rotatable bonds is 7. The average molecular weight is 463 g/mol. The molecule has 172 valence electrons. The largest absolute Gasteiger partial charge is 0.481 e. The summed E-state index contributed by atoms with van der Waals surface area (Å²) in [6, 6.07) is 12.7. The van der Waals surface area contributed by atoms with Gasteiger partial charge in [-0.2, -0.15) is 0 Å². The van der Waals surface area contributed by atoms with E-state index in [0.29, 0.717) is 29.4 Å². The third kappa shape index (κ3) is 6.00. The molecule has 1 saturated heterocycles. The Kier molecular flexibility index (Phi) is 8.91. The minimum absolute atomic E-state index is 0.273. The van der Waals surface area contributed by atoms with Crippen LogP contribution in [0.25, 0.3) is 0 Å². The summed E-state index contributed by atoms with van der Waals surface area (Å²) in [4.78, 5) is 0. The van der Waals surface area contributed by atoms with Crippen LogP contribution in [0, 0.1) is 11.8 Å². The Labute approximate surface area is 192 Å². The van der Waals surface area contributed by atoms with Crippen LogP contribution in [0.1, 0.15) is 22.8 Å². The van der Waals surface area contributed by atoms with Gasteiger partial charge in [0.05, 0.1) is 6.61 Å². The van der Waals surface area contributed by atoms with Crippen LogP contribution in [-0.4, -0.2) is 71.8 Å². The van der Waals surface area contributed by atoms with Crippen LogP contribution in [0.5, 0.6) is 5.75 Å². The lowest BCUT2D eigenvalue weighted by molar-refractivity contribution is -0.231. The molecule has 1 unspecified atom stereocenters. The third-order valence-electron chi connectivity index (χ3n) is 5.26. The summed E-state index contributed by atoms with van der Waals surface area (Å²) in [5.41, 5.74) is 2.40. The number of hydrogen-bond donors (Lipinski definition) is 4. The summed E-state index contributed by atoms with van der Waals surface area (Å²) in [6.07, 6.45) is -5.52. The summed E-state index contributed by atoms with van der Waals surface area (Å²) in [5, 5.41) is 40.4. The Morgan fingerprint density at radius 2 is 1.69 bits per heavy atom. The second-order valence-corrected chi connectivity index (χ2v) is 7.90. The molecule has 8 heteroatoms. The maximum Gasteiger partial charge on any atom is 0.149 e. The number of aliphatic hydroxyl groups is 4. The molecule has 32 heavy (non-hydrogen) atoms. The van der Waals surface area contributed by atoms with Gasteiger partial charge in [0.25, 0.3) is 0 Å². The smallest absolute Gasteiger partial charge is 0.149 e. The fourth-order valence-corrected chi connectivity index (χ4v) is 3.69. The number of aliphatic hydroxyl groups excluding tert-OH is 4. The normalized spacial score (nSPS) is 25.1. The zero-order chi connectivity index (χ0) is 23.1. The van der Waals surface area contributed by atoms with E-state index in [2.05, 4.69) is 11.8 Å². The molecule has 7 nitrogen and oxygen atoms in total. The molecular weight excluding hydrogens is 436 g/mol. The van der Waals surface area contributed by atoms with Crippen LogP contribution < -0.4 is 4.74 Å². The quantitative estimate of drug-likeness (QED) is 0.461. The van der Waals surface area contributed by atoms with Gasteiger partial charge >= 0.3 is 0 Å². The number of benzene rings is 2. The molecule has 4 N–H and O–H groups in total. The molecule has 1 heterocycles. The van der Waals surface area contributed by atoms with E-state index in [1.54, 1.807) is 25.3 Å². The van der Waals surface area contributed by atoms with E-state index < -0.39 is 37.1 Å². The number of hydrogen-bond acceptors (Lipinski definition) is 7. The van der Waals surface area contributed by atoms with E-state index in [4.69, 9.17) is 25.8 Å². The highest BCUT2D eigenvalue weighted by Gasteiger charge is 2.44. The van der Waals surface area contributed by atoms with Crippen molar-refractivity contribution in [3.05, 3.63) is 64.2 Å². The van der Waals surface area contributed by atoms with Crippen molar-refractivity contribution in [3.63, 3.8) is 0 Å². The minimum atomic E-state index is -1.43. The lowest BCUT2D eigenvalue weighted by Crippen LogP contribution is -2.55. The predicted molar refractivity (Wildman–Crippen MR) is 119 cm³/mol. The van der Waals surface area contributed by atoms with Crippen LogP contribution in [0.15, 0.2) is 42.5 Å². The van der Waals surface area contributed by atoms with Crippen molar-refractivity contribution in [2.75, 3.05) is 26.9 Å². The Hall–Kier alpha value is -2.15. The fraction of sp³-hybridized carbons (Fsp3) is 0.417. The highest BCUT2D eigenvalue weighted by atomic mass is 35.5. The van der Waals surface area contributed by atoms with Crippen molar-refractivity contribution in [2.24, 2.45) is 0 Å². The molecule has 0 amide bonds. The van der Waals surface area contributed by atoms with E-state index in [0.717, 1.165) is 11.1 Å². The maximum atomic E-state index is 10.4. The molecule has 0 bridgehead atoms. The van der Waals surface area contributed by atoms with Gasteiger partial charge in [-0.15, -0.1) is 0 Å². The summed E-state index contributed by atoms with van der Waals surface area (Å²) in [5.74, 6) is 6.37. The van der Waals surface area contributed by atoms with E-state index in [1.807, 2.05) is 24.3 Å². The van der Waals surface area contributed by atoms with Crippen molar-refractivity contribution in [2.45, 2.75) is 36.9 Å². The van der Waals surface area contributed by atoms with E-state index >= 15 is 0 Å². The van der Waals surface area contributed by atoms with Gasteiger partial charge in [-0.3, -0.25) is 0 Å². The van der Waals surface area contributed by atoms with Crippen LogP contribution in [0.4, 0.5) is 0 Å². The van der Waals surface area contributed by atoms with E-state index in [9.17, 15) is 20.4 Å². The highest BCUT2D eigenvalue weighted by Crippen LogP contribution is 2.34. The summed E-state index contributed by atoms with van der Waals surface area (Å²) in [6.45, 7) is 0.162. The van der Waals surface area contributed by atoms with Crippen molar-refractivity contribution >= 4 is 11.6 Å². The molecule has 0 spiro atoms. The van der Waals surface area contributed by atoms with Crippen molar-refractivity contribution in [1.82, 2.24) is 0 Å². The molecule has 2 aromatic rings. The Morgan fingerprint density at radius 3 is 2.38 bits per heavy atom. The van der Waals surface area contributed by atoms with Crippen molar-refractivity contribution in [3.8, 4) is 17.6 Å². The third-order valence-corrected chi connectivity index (χ3v) is 5.63.